The standard InChI is InChI=1S/C16H18O2/c1-11-7-14-8-13(11)9-15(14)16(17)18-10-12-5-3-2-4-6-12/h2-6,13-15H,1,7-10H2. The van der Waals surface area contributed by atoms with E-state index in [0.717, 1.165) is 24.8 Å². The Hall–Kier alpha value is -1.57. The second-order valence-corrected chi connectivity index (χ2v) is 5.49. The third kappa shape index (κ3) is 2.07. The van der Waals surface area contributed by atoms with Crippen molar-refractivity contribution in [3.63, 3.8) is 0 Å². The van der Waals surface area contributed by atoms with E-state index in [-0.39, 0.29) is 11.9 Å². The lowest BCUT2D eigenvalue weighted by Crippen LogP contribution is -2.23. The fraction of sp³-hybridized carbons (Fsp3) is 0.438. The maximum atomic E-state index is 12.1. The van der Waals surface area contributed by atoms with Gasteiger partial charge in [-0.1, -0.05) is 42.5 Å². The van der Waals surface area contributed by atoms with Crippen LogP contribution in [0.5, 0.6) is 0 Å². The van der Waals surface area contributed by atoms with Crippen LogP contribution in [-0.2, 0) is 16.1 Å². The van der Waals surface area contributed by atoms with E-state index in [9.17, 15) is 4.79 Å². The minimum atomic E-state index is -0.0150. The van der Waals surface area contributed by atoms with Crippen molar-refractivity contribution >= 4 is 5.97 Å². The fourth-order valence-corrected chi connectivity index (χ4v) is 3.31. The van der Waals surface area contributed by atoms with Crippen molar-refractivity contribution in [1.29, 1.82) is 0 Å². The molecule has 0 radical (unpaired) electrons. The summed E-state index contributed by atoms with van der Waals surface area (Å²) >= 11 is 0. The summed E-state index contributed by atoms with van der Waals surface area (Å²) in [5, 5.41) is 0. The summed E-state index contributed by atoms with van der Waals surface area (Å²) in [5.41, 5.74) is 2.39. The number of benzene rings is 1. The van der Waals surface area contributed by atoms with Gasteiger partial charge in [0.2, 0.25) is 0 Å². The van der Waals surface area contributed by atoms with Gasteiger partial charge in [0.25, 0.3) is 0 Å². The highest BCUT2D eigenvalue weighted by molar-refractivity contribution is 5.73. The van der Waals surface area contributed by atoms with Gasteiger partial charge in [0.1, 0.15) is 6.61 Å². The van der Waals surface area contributed by atoms with Gasteiger partial charge in [-0.25, -0.2) is 0 Å². The molecule has 0 amide bonds. The lowest BCUT2D eigenvalue weighted by atomic mass is 9.86. The number of hydrogen-bond acceptors (Lipinski definition) is 2. The maximum absolute atomic E-state index is 12.1. The van der Waals surface area contributed by atoms with Gasteiger partial charge in [-0.05, 0) is 36.7 Å². The Bertz CT molecular complexity index is 463. The molecule has 3 unspecified atom stereocenters. The molecule has 2 saturated carbocycles. The van der Waals surface area contributed by atoms with Gasteiger partial charge < -0.3 is 4.74 Å². The van der Waals surface area contributed by atoms with Crippen LogP contribution in [0, 0.1) is 17.8 Å². The number of allylic oxidation sites excluding steroid dienone is 1. The average Bonchev–Trinajstić information content (AvgIpc) is 2.96. The van der Waals surface area contributed by atoms with Crippen molar-refractivity contribution < 1.29 is 9.53 Å². The molecule has 2 aliphatic rings. The molecule has 3 rings (SSSR count). The highest BCUT2D eigenvalue weighted by Crippen LogP contribution is 2.51. The van der Waals surface area contributed by atoms with E-state index in [2.05, 4.69) is 6.58 Å². The highest BCUT2D eigenvalue weighted by atomic mass is 16.5. The summed E-state index contributed by atoms with van der Waals surface area (Å²) in [6.07, 6.45) is 3.12. The molecule has 2 aliphatic carbocycles. The Morgan fingerprint density at radius 1 is 1.28 bits per heavy atom. The van der Waals surface area contributed by atoms with Crippen molar-refractivity contribution in [3.05, 3.63) is 48.0 Å². The van der Waals surface area contributed by atoms with E-state index < -0.39 is 0 Å². The van der Waals surface area contributed by atoms with Gasteiger partial charge in [-0.2, -0.15) is 0 Å². The van der Waals surface area contributed by atoms with E-state index in [4.69, 9.17) is 4.74 Å². The van der Waals surface area contributed by atoms with Crippen LogP contribution in [0.4, 0.5) is 0 Å². The van der Waals surface area contributed by atoms with Gasteiger partial charge >= 0.3 is 5.97 Å². The number of rotatable bonds is 3. The maximum Gasteiger partial charge on any atom is 0.309 e. The van der Waals surface area contributed by atoms with Crippen LogP contribution in [0.3, 0.4) is 0 Å². The SMILES string of the molecule is C=C1CC2CC1CC2C(=O)OCc1ccccc1. The average molecular weight is 242 g/mol. The van der Waals surface area contributed by atoms with Crippen LogP contribution >= 0.6 is 0 Å². The predicted octanol–water partition coefficient (Wildman–Crippen LogP) is 3.33. The number of carbonyl (C=O) groups excluding carboxylic acids is 1. The summed E-state index contributed by atoms with van der Waals surface area (Å²) in [7, 11) is 0. The summed E-state index contributed by atoms with van der Waals surface area (Å²) in [5.74, 6) is 1.16. The third-order valence-corrected chi connectivity index (χ3v) is 4.32. The van der Waals surface area contributed by atoms with Crippen LogP contribution in [0.25, 0.3) is 0 Å². The van der Waals surface area contributed by atoms with E-state index in [1.165, 1.54) is 5.57 Å². The first-order chi connectivity index (χ1) is 8.74. The summed E-state index contributed by atoms with van der Waals surface area (Å²) in [6, 6.07) is 9.86. The molecule has 2 bridgehead atoms. The number of hydrogen-bond donors (Lipinski definition) is 0. The topological polar surface area (TPSA) is 26.3 Å². The van der Waals surface area contributed by atoms with Gasteiger partial charge in [0.15, 0.2) is 0 Å². The quantitative estimate of drug-likeness (QED) is 0.600. The molecule has 1 aromatic carbocycles. The molecule has 2 nitrogen and oxygen atoms in total. The predicted molar refractivity (Wildman–Crippen MR) is 69.7 cm³/mol. The van der Waals surface area contributed by atoms with Crippen LogP contribution in [0.2, 0.25) is 0 Å². The number of carbonyl (C=O) groups is 1. The molecule has 0 saturated heterocycles. The molecule has 3 atom stereocenters. The zero-order chi connectivity index (χ0) is 12.5. The first-order valence-electron chi connectivity index (χ1n) is 6.62. The summed E-state index contributed by atoms with van der Waals surface area (Å²) < 4.78 is 5.43. The largest absolute Gasteiger partial charge is 0.461 e. The van der Waals surface area contributed by atoms with E-state index in [1.807, 2.05) is 30.3 Å². The monoisotopic (exact) mass is 242 g/mol. The Balaban J connectivity index is 1.56. The molecule has 1 aromatic rings. The van der Waals surface area contributed by atoms with Crippen molar-refractivity contribution in [3.8, 4) is 0 Å². The Morgan fingerprint density at radius 2 is 2.06 bits per heavy atom. The lowest BCUT2D eigenvalue weighted by molar-refractivity contribution is -0.151. The number of fused-ring (bicyclic) bond motifs is 2. The van der Waals surface area contributed by atoms with Crippen LogP contribution < -0.4 is 0 Å². The van der Waals surface area contributed by atoms with Crippen LogP contribution in [0.15, 0.2) is 42.5 Å². The van der Waals surface area contributed by atoms with Crippen molar-refractivity contribution in [1.82, 2.24) is 0 Å². The molecule has 0 aromatic heterocycles. The van der Waals surface area contributed by atoms with Crippen molar-refractivity contribution in [2.45, 2.75) is 25.9 Å². The Labute approximate surface area is 108 Å². The molecule has 0 spiro atoms. The van der Waals surface area contributed by atoms with Gasteiger partial charge in [-0.3, -0.25) is 4.79 Å². The second kappa shape index (κ2) is 4.60. The van der Waals surface area contributed by atoms with E-state index in [0.29, 0.717) is 18.4 Å². The van der Waals surface area contributed by atoms with E-state index >= 15 is 0 Å². The molecule has 0 N–H and O–H groups in total. The van der Waals surface area contributed by atoms with Crippen LogP contribution in [0.1, 0.15) is 24.8 Å². The molecular formula is C16H18O2. The highest BCUT2D eigenvalue weighted by Gasteiger charge is 2.45. The van der Waals surface area contributed by atoms with Crippen molar-refractivity contribution in [2.75, 3.05) is 0 Å². The van der Waals surface area contributed by atoms with Gasteiger partial charge in [-0.15, -0.1) is 0 Å². The summed E-state index contributed by atoms with van der Waals surface area (Å²) in [4.78, 5) is 12.1. The molecule has 0 heterocycles. The second-order valence-electron chi connectivity index (χ2n) is 5.49. The fourth-order valence-electron chi connectivity index (χ4n) is 3.31. The number of esters is 1. The Morgan fingerprint density at radius 3 is 2.67 bits per heavy atom. The first-order valence-corrected chi connectivity index (χ1v) is 6.62. The molecule has 2 fully saturated rings. The van der Waals surface area contributed by atoms with Gasteiger partial charge in [0, 0.05) is 0 Å². The number of ether oxygens (including phenoxy) is 1. The molecule has 2 heteroatoms. The Kier molecular flexibility index (Phi) is 2.94. The van der Waals surface area contributed by atoms with E-state index in [1.54, 1.807) is 0 Å². The smallest absolute Gasteiger partial charge is 0.309 e. The first kappa shape index (κ1) is 11.5. The van der Waals surface area contributed by atoms with Gasteiger partial charge in [0.05, 0.1) is 5.92 Å². The third-order valence-electron chi connectivity index (χ3n) is 4.32. The molecule has 0 aliphatic heterocycles. The normalized spacial score (nSPS) is 29.6. The minimum Gasteiger partial charge on any atom is -0.461 e. The van der Waals surface area contributed by atoms with Crippen LogP contribution in [-0.4, -0.2) is 5.97 Å². The molecule has 94 valence electrons. The molecule has 18 heavy (non-hydrogen) atoms. The summed E-state index contributed by atoms with van der Waals surface area (Å²) in [6.45, 7) is 4.47. The van der Waals surface area contributed by atoms with Crippen molar-refractivity contribution in [2.24, 2.45) is 17.8 Å². The zero-order valence-electron chi connectivity index (χ0n) is 10.5. The lowest BCUT2D eigenvalue weighted by Gasteiger charge is -2.21. The minimum absolute atomic E-state index is 0.0150. The molecular weight excluding hydrogens is 224 g/mol. The zero-order valence-corrected chi connectivity index (χ0v) is 10.5.